The number of pyridine rings is 1. The highest BCUT2D eigenvalue weighted by Gasteiger charge is 2.31. The zero-order valence-electron chi connectivity index (χ0n) is 12.5. The first-order valence-corrected chi connectivity index (χ1v) is 7.71. The van der Waals surface area contributed by atoms with E-state index in [4.69, 9.17) is 0 Å². The van der Waals surface area contributed by atoms with E-state index in [-0.39, 0.29) is 11.9 Å². The van der Waals surface area contributed by atoms with Crippen molar-refractivity contribution in [2.75, 3.05) is 6.54 Å². The highest BCUT2D eigenvalue weighted by Crippen LogP contribution is 2.31. The van der Waals surface area contributed by atoms with E-state index in [0.29, 0.717) is 11.5 Å². The summed E-state index contributed by atoms with van der Waals surface area (Å²) in [5, 5.41) is 4.25. The van der Waals surface area contributed by atoms with Crippen molar-refractivity contribution in [3.63, 3.8) is 0 Å². The predicted molar refractivity (Wildman–Crippen MR) is 82.6 cm³/mol. The van der Waals surface area contributed by atoms with E-state index in [1.807, 2.05) is 23.1 Å². The number of aromatic nitrogens is 5. The van der Waals surface area contributed by atoms with Crippen LogP contribution >= 0.6 is 0 Å². The van der Waals surface area contributed by atoms with Crippen molar-refractivity contribution in [3.8, 4) is 0 Å². The van der Waals surface area contributed by atoms with Gasteiger partial charge in [-0.25, -0.2) is 4.98 Å². The number of nitrogens with zero attached hydrogens (tertiary/aromatic N) is 6. The summed E-state index contributed by atoms with van der Waals surface area (Å²) in [5.74, 6) is 0.513. The number of rotatable bonds is 2. The number of hydrogen-bond donors (Lipinski definition) is 0. The van der Waals surface area contributed by atoms with Crippen molar-refractivity contribution < 1.29 is 4.79 Å². The summed E-state index contributed by atoms with van der Waals surface area (Å²) < 4.78 is 1.72. The van der Waals surface area contributed by atoms with Gasteiger partial charge >= 0.3 is 0 Å². The van der Waals surface area contributed by atoms with Crippen LogP contribution in [0, 0.1) is 0 Å². The molecule has 1 aliphatic heterocycles. The standard InChI is InChI=1S/C16H16N6O/c23-15(12-5-1-3-8-17-12)21-10-4-2-6-13(21)14-7-9-18-16-19-11-20-22(14)16/h1,3,5,7-9,11,13H,2,4,6,10H2/t13-/m0/s1. The Balaban J connectivity index is 1.74. The van der Waals surface area contributed by atoms with E-state index in [1.54, 1.807) is 23.0 Å². The highest BCUT2D eigenvalue weighted by molar-refractivity contribution is 5.92. The Hall–Kier alpha value is -2.83. The Kier molecular flexibility index (Phi) is 3.45. The molecule has 0 radical (unpaired) electrons. The summed E-state index contributed by atoms with van der Waals surface area (Å²) >= 11 is 0. The Morgan fingerprint density at radius 3 is 2.91 bits per heavy atom. The third-order valence-electron chi connectivity index (χ3n) is 4.20. The molecule has 23 heavy (non-hydrogen) atoms. The number of fused-ring (bicyclic) bond motifs is 1. The summed E-state index contributed by atoms with van der Waals surface area (Å²) in [6.07, 6.45) is 7.83. The van der Waals surface area contributed by atoms with Crippen LogP contribution in [-0.4, -0.2) is 41.9 Å². The van der Waals surface area contributed by atoms with Crippen LogP contribution in [0.3, 0.4) is 0 Å². The van der Waals surface area contributed by atoms with Crippen LogP contribution < -0.4 is 0 Å². The van der Waals surface area contributed by atoms with E-state index >= 15 is 0 Å². The summed E-state index contributed by atoms with van der Waals surface area (Å²) in [6.45, 7) is 0.721. The van der Waals surface area contributed by atoms with Crippen LogP contribution in [0.5, 0.6) is 0 Å². The van der Waals surface area contributed by atoms with E-state index < -0.39 is 0 Å². The molecule has 0 unspecified atom stereocenters. The van der Waals surface area contributed by atoms with Crippen molar-refractivity contribution in [1.82, 2.24) is 29.5 Å². The van der Waals surface area contributed by atoms with Gasteiger partial charge in [0.1, 0.15) is 12.0 Å². The Morgan fingerprint density at radius 1 is 1.09 bits per heavy atom. The number of amides is 1. The minimum Gasteiger partial charge on any atom is -0.329 e. The lowest BCUT2D eigenvalue weighted by Crippen LogP contribution is -2.39. The summed E-state index contributed by atoms with van der Waals surface area (Å²) in [5.41, 5.74) is 1.42. The molecule has 1 aliphatic rings. The van der Waals surface area contributed by atoms with Crippen molar-refractivity contribution >= 4 is 11.7 Å². The van der Waals surface area contributed by atoms with Gasteiger partial charge < -0.3 is 4.90 Å². The Labute approximate surface area is 133 Å². The quantitative estimate of drug-likeness (QED) is 0.722. The molecule has 0 saturated carbocycles. The molecular weight excluding hydrogens is 292 g/mol. The van der Waals surface area contributed by atoms with Crippen molar-refractivity contribution in [1.29, 1.82) is 0 Å². The van der Waals surface area contributed by atoms with Crippen LogP contribution in [0.4, 0.5) is 0 Å². The number of piperidine rings is 1. The number of carbonyl (C=O) groups is 1. The zero-order valence-corrected chi connectivity index (χ0v) is 12.5. The summed E-state index contributed by atoms with van der Waals surface area (Å²) in [6, 6.07) is 7.28. The monoisotopic (exact) mass is 308 g/mol. The van der Waals surface area contributed by atoms with Crippen molar-refractivity contribution in [2.45, 2.75) is 25.3 Å². The minimum absolute atomic E-state index is 0.0366. The lowest BCUT2D eigenvalue weighted by molar-refractivity contribution is 0.0597. The molecule has 1 saturated heterocycles. The number of hydrogen-bond acceptors (Lipinski definition) is 5. The lowest BCUT2D eigenvalue weighted by Gasteiger charge is -2.35. The van der Waals surface area contributed by atoms with Gasteiger partial charge in [0, 0.05) is 18.9 Å². The molecule has 7 nitrogen and oxygen atoms in total. The molecule has 1 amide bonds. The first kappa shape index (κ1) is 13.8. The third kappa shape index (κ3) is 2.44. The topological polar surface area (TPSA) is 76.3 Å². The SMILES string of the molecule is O=C(c1ccccn1)N1CCCC[C@H]1c1ccnc2ncnn12. The summed E-state index contributed by atoms with van der Waals surface area (Å²) in [4.78, 5) is 27.3. The maximum absolute atomic E-state index is 12.9. The average molecular weight is 308 g/mol. The van der Waals surface area contributed by atoms with Gasteiger partial charge in [-0.15, -0.1) is 0 Å². The molecular formula is C16H16N6O. The number of carbonyl (C=O) groups excluding carboxylic acids is 1. The van der Waals surface area contributed by atoms with Gasteiger partial charge in [-0.1, -0.05) is 6.07 Å². The molecule has 4 heterocycles. The molecule has 0 aromatic carbocycles. The van der Waals surface area contributed by atoms with Gasteiger partial charge in [0.2, 0.25) is 0 Å². The number of likely N-dealkylation sites (tertiary alicyclic amines) is 1. The van der Waals surface area contributed by atoms with Gasteiger partial charge in [-0.2, -0.15) is 14.6 Å². The predicted octanol–water partition coefficient (Wildman–Crippen LogP) is 1.89. The zero-order chi connectivity index (χ0) is 15.6. The van der Waals surface area contributed by atoms with Crippen LogP contribution in [0.2, 0.25) is 0 Å². The fourth-order valence-electron chi connectivity index (χ4n) is 3.13. The van der Waals surface area contributed by atoms with Gasteiger partial charge in [0.05, 0.1) is 11.7 Å². The van der Waals surface area contributed by atoms with E-state index in [0.717, 1.165) is 31.5 Å². The highest BCUT2D eigenvalue weighted by atomic mass is 16.2. The lowest BCUT2D eigenvalue weighted by atomic mass is 9.98. The fraction of sp³-hybridized carbons (Fsp3) is 0.312. The maximum atomic E-state index is 12.9. The van der Waals surface area contributed by atoms with Crippen LogP contribution in [0.1, 0.15) is 41.5 Å². The average Bonchev–Trinajstić information content (AvgIpc) is 3.10. The molecule has 0 N–H and O–H groups in total. The van der Waals surface area contributed by atoms with Gasteiger partial charge in [-0.05, 0) is 37.5 Å². The molecule has 1 atom stereocenters. The molecule has 116 valence electrons. The van der Waals surface area contributed by atoms with Gasteiger partial charge in [0.15, 0.2) is 0 Å². The van der Waals surface area contributed by atoms with E-state index in [1.165, 1.54) is 6.33 Å². The second kappa shape index (κ2) is 5.75. The normalized spacial score (nSPS) is 18.3. The largest absolute Gasteiger partial charge is 0.329 e. The first-order valence-electron chi connectivity index (χ1n) is 7.71. The third-order valence-corrected chi connectivity index (χ3v) is 4.20. The smallest absolute Gasteiger partial charge is 0.273 e. The van der Waals surface area contributed by atoms with Crippen molar-refractivity contribution in [2.24, 2.45) is 0 Å². The molecule has 4 rings (SSSR count). The molecule has 1 fully saturated rings. The Bertz CT molecular complexity index is 831. The van der Waals surface area contributed by atoms with Gasteiger partial charge in [0.25, 0.3) is 11.7 Å². The van der Waals surface area contributed by atoms with Crippen LogP contribution in [0.15, 0.2) is 43.0 Å². The van der Waals surface area contributed by atoms with Crippen molar-refractivity contribution in [3.05, 3.63) is 54.4 Å². The maximum Gasteiger partial charge on any atom is 0.273 e. The van der Waals surface area contributed by atoms with Crippen LogP contribution in [-0.2, 0) is 0 Å². The second-order valence-corrected chi connectivity index (χ2v) is 5.57. The molecule has 0 aliphatic carbocycles. The molecule has 3 aromatic rings. The van der Waals surface area contributed by atoms with E-state index in [9.17, 15) is 4.79 Å². The molecule has 0 spiro atoms. The van der Waals surface area contributed by atoms with Crippen LogP contribution in [0.25, 0.3) is 5.78 Å². The molecule has 7 heteroatoms. The van der Waals surface area contributed by atoms with E-state index in [2.05, 4.69) is 20.1 Å². The first-order chi connectivity index (χ1) is 11.3. The molecule has 0 bridgehead atoms. The van der Waals surface area contributed by atoms with Gasteiger partial charge in [-0.3, -0.25) is 9.78 Å². The summed E-state index contributed by atoms with van der Waals surface area (Å²) in [7, 11) is 0. The Morgan fingerprint density at radius 2 is 2.04 bits per heavy atom. The molecule has 3 aromatic heterocycles. The second-order valence-electron chi connectivity index (χ2n) is 5.57. The fourth-order valence-corrected chi connectivity index (χ4v) is 3.13. The minimum atomic E-state index is -0.0413.